The normalized spacial score (nSPS) is 10.7. The molecule has 0 saturated carbocycles. The van der Waals surface area contributed by atoms with Crippen molar-refractivity contribution in [1.29, 1.82) is 0 Å². The Balaban J connectivity index is 1.79. The minimum Gasteiger partial charge on any atom is -0.497 e. The summed E-state index contributed by atoms with van der Waals surface area (Å²) < 4.78 is 24.7. The molecule has 0 spiro atoms. The molecule has 0 aliphatic carbocycles. The lowest BCUT2D eigenvalue weighted by molar-refractivity contribution is 0.0952. The quantitative estimate of drug-likeness (QED) is 0.481. The molecule has 4 rings (SSSR count). The van der Waals surface area contributed by atoms with E-state index in [0.717, 1.165) is 5.56 Å². The molecule has 1 N–H and O–H groups in total. The van der Waals surface area contributed by atoms with Gasteiger partial charge < -0.3 is 14.8 Å². The monoisotopic (exact) mass is 416 g/mol. The summed E-state index contributed by atoms with van der Waals surface area (Å²) in [5.74, 6) is 0.463. The number of nitrogens with one attached hydrogen (secondary N) is 1. The van der Waals surface area contributed by atoms with Crippen LogP contribution in [0.4, 0.5) is 4.39 Å². The van der Waals surface area contributed by atoms with Crippen LogP contribution in [0.25, 0.3) is 22.2 Å². The van der Waals surface area contributed by atoms with Crippen LogP contribution in [0.5, 0.6) is 11.5 Å². The van der Waals surface area contributed by atoms with Crippen LogP contribution in [-0.2, 0) is 6.54 Å². The Bertz CT molecular complexity index is 1240. The number of methoxy groups -OCH3 is 2. The molecule has 0 saturated heterocycles. The molecule has 1 amide bonds. The van der Waals surface area contributed by atoms with Gasteiger partial charge in [0.25, 0.3) is 5.91 Å². The van der Waals surface area contributed by atoms with Crippen LogP contribution in [0.15, 0.2) is 72.8 Å². The molecule has 1 aromatic heterocycles. The van der Waals surface area contributed by atoms with Crippen LogP contribution in [0.1, 0.15) is 15.9 Å². The average Bonchev–Trinajstić information content (AvgIpc) is 2.82. The van der Waals surface area contributed by atoms with E-state index < -0.39 is 5.82 Å². The first-order valence-corrected chi connectivity index (χ1v) is 9.74. The SMILES string of the molecule is COc1ccc(-c2cc(C(=O)NCc3ccccc3)c3cc(F)ccc3n2)c(OC)c1. The van der Waals surface area contributed by atoms with E-state index in [0.29, 0.717) is 45.8 Å². The minimum atomic E-state index is -0.429. The van der Waals surface area contributed by atoms with Crippen molar-refractivity contribution in [2.24, 2.45) is 0 Å². The fourth-order valence-corrected chi connectivity index (χ4v) is 3.41. The first-order chi connectivity index (χ1) is 15.1. The van der Waals surface area contributed by atoms with Gasteiger partial charge in [-0.2, -0.15) is 0 Å². The summed E-state index contributed by atoms with van der Waals surface area (Å²) in [6.07, 6.45) is 0. The van der Waals surface area contributed by atoms with Gasteiger partial charge in [-0.05, 0) is 42.0 Å². The maximum Gasteiger partial charge on any atom is 0.252 e. The van der Waals surface area contributed by atoms with Crippen molar-refractivity contribution in [2.45, 2.75) is 6.54 Å². The van der Waals surface area contributed by atoms with Crippen LogP contribution in [0.2, 0.25) is 0 Å². The number of ether oxygens (including phenoxy) is 2. The number of aromatic nitrogens is 1. The Morgan fingerprint density at radius 3 is 2.52 bits per heavy atom. The summed E-state index contributed by atoms with van der Waals surface area (Å²) >= 11 is 0. The summed E-state index contributed by atoms with van der Waals surface area (Å²) in [7, 11) is 3.13. The zero-order valence-corrected chi connectivity index (χ0v) is 17.2. The third-order valence-corrected chi connectivity index (χ3v) is 5.00. The summed E-state index contributed by atoms with van der Waals surface area (Å²) in [6.45, 7) is 0.361. The van der Waals surface area contributed by atoms with Crippen LogP contribution in [-0.4, -0.2) is 25.1 Å². The van der Waals surface area contributed by atoms with Gasteiger partial charge in [0, 0.05) is 23.6 Å². The van der Waals surface area contributed by atoms with Gasteiger partial charge in [0.05, 0.1) is 31.0 Å². The number of benzene rings is 3. The van der Waals surface area contributed by atoms with E-state index in [2.05, 4.69) is 10.3 Å². The van der Waals surface area contributed by atoms with Crippen molar-refractivity contribution in [3.05, 3.63) is 89.7 Å². The molecule has 0 radical (unpaired) electrons. The lowest BCUT2D eigenvalue weighted by Crippen LogP contribution is -2.23. The number of fused-ring (bicyclic) bond motifs is 1. The maximum absolute atomic E-state index is 14.0. The van der Waals surface area contributed by atoms with E-state index in [4.69, 9.17) is 9.47 Å². The average molecular weight is 416 g/mol. The Morgan fingerprint density at radius 2 is 1.77 bits per heavy atom. The highest BCUT2D eigenvalue weighted by atomic mass is 19.1. The van der Waals surface area contributed by atoms with Gasteiger partial charge in [0.15, 0.2) is 0 Å². The number of nitrogens with zero attached hydrogens (tertiary/aromatic N) is 1. The largest absolute Gasteiger partial charge is 0.497 e. The van der Waals surface area contributed by atoms with E-state index in [-0.39, 0.29) is 5.91 Å². The first kappa shape index (κ1) is 20.3. The Hall–Kier alpha value is -3.93. The fraction of sp³-hybridized carbons (Fsp3) is 0.120. The molecule has 31 heavy (non-hydrogen) atoms. The van der Waals surface area contributed by atoms with Crippen molar-refractivity contribution < 1.29 is 18.7 Å². The molecule has 0 unspecified atom stereocenters. The number of hydrogen-bond donors (Lipinski definition) is 1. The summed E-state index contributed by atoms with van der Waals surface area (Å²) in [6, 6.07) is 20.8. The molecule has 5 nitrogen and oxygen atoms in total. The van der Waals surface area contributed by atoms with E-state index >= 15 is 0 Å². The van der Waals surface area contributed by atoms with E-state index in [1.54, 1.807) is 38.5 Å². The number of hydrogen-bond acceptors (Lipinski definition) is 4. The number of rotatable bonds is 6. The van der Waals surface area contributed by atoms with Gasteiger partial charge in [0.2, 0.25) is 0 Å². The number of carbonyl (C=O) groups excluding carboxylic acids is 1. The number of amides is 1. The predicted octanol–water partition coefficient (Wildman–Crippen LogP) is 4.99. The Kier molecular flexibility index (Phi) is 5.80. The third kappa shape index (κ3) is 4.33. The fourth-order valence-electron chi connectivity index (χ4n) is 3.41. The number of pyridine rings is 1. The molecular weight excluding hydrogens is 395 g/mol. The van der Waals surface area contributed by atoms with E-state index in [1.807, 2.05) is 36.4 Å². The first-order valence-electron chi connectivity index (χ1n) is 9.74. The lowest BCUT2D eigenvalue weighted by Gasteiger charge is -2.13. The molecule has 0 atom stereocenters. The van der Waals surface area contributed by atoms with Crippen molar-refractivity contribution in [1.82, 2.24) is 10.3 Å². The second-order valence-corrected chi connectivity index (χ2v) is 6.95. The molecule has 6 heteroatoms. The molecular formula is C25H21FN2O3. The smallest absolute Gasteiger partial charge is 0.252 e. The second kappa shape index (κ2) is 8.83. The van der Waals surface area contributed by atoms with Gasteiger partial charge in [0.1, 0.15) is 17.3 Å². The third-order valence-electron chi connectivity index (χ3n) is 5.00. The van der Waals surface area contributed by atoms with Gasteiger partial charge in [-0.1, -0.05) is 30.3 Å². The molecule has 0 fully saturated rings. The van der Waals surface area contributed by atoms with Crippen LogP contribution >= 0.6 is 0 Å². The minimum absolute atomic E-state index is 0.310. The van der Waals surface area contributed by atoms with Crippen molar-refractivity contribution in [3.8, 4) is 22.8 Å². The summed E-state index contributed by atoms with van der Waals surface area (Å²) in [5, 5.41) is 3.36. The summed E-state index contributed by atoms with van der Waals surface area (Å²) in [5.41, 5.74) is 3.07. The van der Waals surface area contributed by atoms with E-state index in [9.17, 15) is 9.18 Å². The van der Waals surface area contributed by atoms with E-state index in [1.165, 1.54) is 12.1 Å². The van der Waals surface area contributed by atoms with Gasteiger partial charge in [-0.3, -0.25) is 4.79 Å². The second-order valence-electron chi connectivity index (χ2n) is 6.95. The molecule has 1 heterocycles. The predicted molar refractivity (Wildman–Crippen MR) is 118 cm³/mol. The highest BCUT2D eigenvalue weighted by Gasteiger charge is 2.17. The zero-order chi connectivity index (χ0) is 21.8. The Morgan fingerprint density at radius 1 is 0.968 bits per heavy atom. The zero-order valence-electron chi connectivity index (χ0n) is 17.2. The topological polar surface area (TPSA) is 60.5 Å². The maximum atomic E-state index is 14.0. The van der Waals surface area contributed by atoms with Crippen LogP contribution in [0.3, 0.4) is 0 Å². The van der Waals surface area contributed by atoms with Gasteiger partial charge >= 0.3 is 0 Å². The Labute approximate surface area is 179 Å². The molecule has 0 aliphatic rings. The molecule has 0 aliphatic heterocycles. The molecule has 3 aromatic carbocycles. The molecule has 4 aromatic rings. The van der Waals surface area contributed by atoms with Crippen LogP contribution < -0.4 is 14.8 Å². The van der Waals surface area contributed by atoms with Gasteiger partial charge in [-0.25, -0.2) is 9.37 Å². The van der Waals surface area contributed by atoms with Crippen molar-refractivity contribution >= 4 is 16.8 Å². The highest BCUT2D eigenvalue weighted by Crippen LogP contribution is 2.34. The lowest BCUT2D eigenvalue weighted by atomic mass is 10.0. The van der Waals surface area contributed by atoms with Crippen molar-refractivity contribution in [3.63, 3.8) is 0 Å². The van der Waals surface area contributed by atoms with Gasteiger partial charge in [-0.15, -0.1) is 0 Å². The molecule has 156 valence electrons. The summed E-state index contributed by atoms with van der Waals surface area (Å²) in [4.78, 5) is 17.7. The number of halogens is 1. The van der Waals surface area contributed by atoms with Crippen molar-refractivity contribution in [2.75, 3.05) is 14.2 Å². The standard InChI is InChI=1S/C25H21FN2O3/c1-30-18-9-10-19(24(13-18)31-2)23-14-21(20-12-17(26)8-11-22(20)28-23)25(29)27-15-16-6-4-3-5-7-16/h3-14H,15H2,1-2H3,(H,27,29). The molecule has 0 bridgehead atoms. The van der Waals surface area contributed by atoms with Crippen LogP contribution in [0, 0.1) is 5.82 Å². The number of carbonyl (C=O) groups is 1. The highest BCUT2D eigenvalue weighted by molar-refractivity contribution is 6.07.